The second kappa shape index (κ2) is 44.2. The SMILES string of the molecule is CCC(=O)N1CCc2c([nH]c3ccc(Cl)cc23)C1c1ccc(OC)cc1.CCCC(=O)N1CCc2c([nH]c3ccc(Cl)cc23)C1c1ccc(OC)c(OC)c1.CCOC(=O)N1CCc2c([nH]c3ccc(Cl)cc23)C1C1CCCCC1.CCOC(=O)N1CCc2c([nH]c3ccc(Cl)cc23)C1c1ccc(Cl)cc1Cl.COc1ccc(C2c3[nH]c4ccc(Cl)cc4c3CCN2C(=O)Nc2ccccc2OC)cc1. The molecule has 23 nitrogen and oxygen atoms in total. The minimum absolute atomic E-state index is 0.0919. The minimum Gasteiger partial charge on any atom is -0.497 e. The van der Waals surface area contributed by atoms with Gasteiger partial charge in [-0.25, -0.2) is 14.4 Å². The third-order valence-electron chi connectivity index (χ3n) is 27.5. The lowest BCUT2D eigenvalue weighted by molar-refractivity contribution is -0.134. The van der Waals surface area contributed by atoms with Gasteiger partial charge in [-0.3, -0.25) is 19.4 Å². The average molecular weight is 2030 g/mol. The monoisotopic (exact) mass is 2020 g/mol. The van der Waals surface area contributed by atoms with Crippen molar-refractivity contribution >= 4 is 171 Å². The number of anilines is 1. The molecule has 0 radical (unpaired) electrons. The van der Waals surface area contributed by atoms with E-state index in [1.165, 1.54) is 65.4 Å². The Bertz CT molecular complexity index is 7070. The van der Waals surface area contributed by atoms with Crippen LogP contribution in [-0.2, 0) is 51.2 Å². The lowest BCUT2D eigenvalue weighted by Gasteiger charge is -2.41. The molecule has 728 valence electrons. The number of halogens is 7. The number of methoxy groups -OCH3 is 5. The molecule has 6 aliphatic rings. The first kappa shape index (κ1) is 99.3. The average Bonchev–Trinajstić information content (AvgIpc) is 1.61. The summed E-state index contributed by atoms with van der Waals surface area (Å²) in [4.78, 5) is 91.6. The first-order valence-corrected chi connectivity index (χ1v) is 50.2. The van der Waals surface area contributed by atoms with Crippen LogP contribution in [0.5, 0.6) is 28.7 Å². The number of aromatic nitrogens is 5. The number of nitrogens with zero attached hydrogens (tertiary/aromatic N) is 5. The van der Waals surface area contributed by atoms with E-state index in [2.05, 4.69) is 30.2 Å². The Morgan fingerprint density at radius 2 is 0.736 bits per heavy atom. The summed E-state index contributed by atoms with van der Waals surface area (Å²) in [5.41, 5.74) is 21.1. The molecule has 140 heavy (non-hydrogen) atoms. The fraction of sp³-hybridized carbons (Fsp3) is 0.318. The molecule has 10 aromatic carbocycles. The topological polar surface area (TPSA) is 257 Å². The largest absolute Gasteiger partial charge is 0.497 e. The van der Waals surface area contributed by atoms with Crippen LogP contribution in [0, 0.1) is 5.92 Å². The number of benzene rings is 10. The van der Waals surface area contributed by atoms with Gasteiger partial charge in [-0.2, -0.15) is 0 Å². The number of hydrogen-bond acceptors (Lipinski definition) is 12. The molecule has 5 aliphatic heterocycles. The van der Waals surface area contributed by atoms with E-state index in [1.807, 2.05) is 228 Å². The highest BCUT2D eigenvalue weighted by atomic mass is 35.5. The van der Waals surface area contributed by atoms with Gasteiger partial charge in [-0.15, -0.1) is 0 Å². The van der Waals surface area contributed by atoms with Crippen LogP contribution in [0.4, 0.5) is 20.1 Å². The van der Waals surface area contributed by atoms with Crippen molar-refractivity contribution in [3.63, 3.8) is 0 Å². The summed E-state index contributed by atoms with van der Waals surface area (Å²) in [5.74, 6) is 4.33. The van der Waals surface area contributed by atoms with Gasteiger partial charge in [0, 0.05) is 164 Å². The van der Waals surface area contributed by atoms with E-state index < -0.39 is 0 Å². The Balaban J connectivity index is 0.000000121. The third kappa shape index (κ3) is 20.6. The fourth-order valence-electron chi connectivity index (χ4n) is 21.0. The first-order chi connectivity index (χ1) is 67.9. The molecule has 30 heteroatoms. The molecule has 5 atom stereocenters. The summed E-state index contributed by atoms with van der Waals surface area (Å²) in [6, 6.07) is 62.7. The van der Waals surface area contributed by atoms with E-state index in [-0.39, 0.29) is 60.2 Å². The van der Waals surface area contributed by atoms with Crippen molar-refractivity contribution in [3.8, 4) is 28.7 Å². The molecule has 0 spiro atoms. The van der Waals surface area contributed by atoms with Crippen LogP contribution in [0.1, 0.15) is 188 Å². The number of nitrogens with one attached hydrogen (secondary N) is 6. The number of rotatable bonds is 16. The maximum absolute atomic E-state index is 13.5. The summed E-state index contributed by atoms with van der Waals surface area (Å²) in [6.45, 7) is 11.5. The molecular weight excluding hydrogens is 1920 g/mol. The molecule has 1 fully saturated rings. The number of urea groups is 1. The van der Waals surface area contributed by atoms with Gasteiger partial charge in [0.2, 0.25) is 11.8 Å². The molecule has 1 saturated carbocycles. The van der Waals surface area contributed by atoms with Gasteiger partial charge < -0.3 is 78.1 Å². The molecule has 6 N–H and O–H groups in total. The number of para-hydroxylation sites is 2. The maximum atomic E-state index is 13.5. The lowest BCUT2D eigenvalue weighted by atomic mass is 9.79. The van der Waals surface area contributed by atoms with Gasteiger partial charge in [-0.05, 0) is 273 Å². The van der Waals surface area contributed by atoms with E-state index in [0.29, 0.717) is 119 Å². The van der Waals surface area contributed by atoms with Crippen molar-refractivity contribution in [1.29, 1.82) is 0 Å². The van der Waals surface area contributed by atoms with Gasteiger partial charge in [0.05, 0.1) is 78.6 Å². The van der Waals surface area contributed by atoms with Crippen LogP contribution >= 0.6 is 81.2 Å². The second-order valence-corrected chi connectivity index (χ2v) is 38.5. The van der Waals surface area contributed by atoms with Crippen molar-refractivity contribution in [2.24, 2.45) is 5.92 Å². The van der Waals surface area contributed by atoms with Crippen molar-refractivity contribution in [2.45, 2.75) is 141 Å². The van der Waals surface area contributed by atoms with Crippen LogP contribution in [-0.4, -0.2) is 161 Å². The molecule has 5 unspecified atom stereocenters. The quantitative estimate of drug-likeness (QED) is 0.0528. The Morgan fingerprint density at radius 3 is 1.17 bits per heavy atom. The Hall–Kier alpha value is -12.3. The number of fused-ring (bicyclic) bond motifs is 15. The van der Waals surface area contributed by atoms with Crippen LogP contribution in [0.15, 0.2) is 200 Å². The lowest BCUT2D eigenvalue weighted by Crippen LogP contribution is -2.44. The predicted octanol–water partition coefficient (Wildman–Crippen LogP) is 27.5. The van der Waals surface area contributed by atoms with E-state index in [9.17, 15) is 24.0 Å². The van der Waals surface area contributed by atoms with Gasteiger partial charge in [0.1, 0.15) is 23.3 Å². The highest BCUT2D eigenvalue weighted by Crippen LogP contribution is 2.50. The predicted molar refractivity (Wildman–Crippen MR) is 559 cm³/mol. The molecule has 21 rings (SSSR count). The fourth-order valence-corrected chi connectivity index (χ4v) is 22.4. The zero-order chi connectivity index (χ0) is 98.3. The normalized spacial score (nSPS) is 17.0. The highest BCUT2D eigenvalue weighted by Gasteiger charge is 2.43. The van der Waals surface area contributed by atoms with E-state index in [4.69, 9.17) is 114 Å². The summed E-state index contributed by atoms with van der Waals surface area (Å²) >= 11 is 43.8. The zero-order valence-corrected chi connectivity index (χ0v) is 84.7. The highest BCUT2D eigenvalue weighted by molar-refractivity contribution is 6.35. The summed E-state index contributed by atoms with van der Waals surface area (Å²) < 4.78 is 37.6. The summed E-state index contributed by atoms with van der Waals surface area (Å²) in [7, 11) is 8.13. The van der Waals surface area contributed by atoms with Crippen molar-refractivity contribution in [3.05, 3.63) is 314 Å². The van der Waals surface area contributed by atoms with Crippen LogP contribution < -0.4 is 29.0 Å². The van der Waals surface area contributed by atoms with Crippen molar-refractivity contribution in [2.75, 3.05) is 86.8 Å². The molecule has 15 aromatic rings. The number of aromatic amines is 5. The van der Waals surface area contributed by atoms with Gasteiger partial charge >= 0.3 is 18.2 Å². The molecule has 10 heterocycles. The molecule has 0 saturated heterocycles. The number of ether oxygens (including phenoxy) is 7. The summed E-state index contributed by atoms with van der Waals surface area (Å²) in [5, 5.41) is 13.3. The molecular formula is C110H112Cl7N11O12. The van der Waals surface area contributed by atoms with Crippen LogP contribution in [0.2, 0.25) is 35.2 Å². The smallest absolute Gasteiger partial charge is 0.410 e. The number of H-pyrrole nitrogens is 5. The maximum Gasteiger partial charge on any atom is 0.410 e. The van der Waals surface area contributed by atoms with Crippen LogP contribution in [0.3, 0.4) is 0 Å². The van der Waals surface area contributed by atoms with Crippen molar-refractivity contribution in [1.82, 2.24) is 49.4 Å². The molecule has 1 aliphatic carbocycles. The van der Waals surface area contributed by atoms with Crippen LogP contribution in [0.25, 0.3) is 54.5 Å². The van der Waals surface area contributed by atoms with Gasteiger partial charge in [0.15, 0.2) is 11.5 Å². The molecule has 5 aromatic heterocycles. The van der Waals surface area contributed by atoms with E-state index in [0.717, 1.165) is 153 Å². The Morgan fingerprint density at radius 1 is 0.357 bits per heavy atom. The summed E-state index contributed by atoms with van der Waals surface area (Å²) in [6.07, 6.45) is 11.4. The standard InChI is InChI=1S/C26H24ClN3O3.C23H25ClN2O3.C21H21ClN2O2.C20H17Cl3N2O2.C20H25ClN2O2/c1-32-18-10-7-16(8-11-18)25-24-19(20-15-17(27)9-12-21(20)28-24)13-14-30(25)26(31)29-22-5-3-4-6-23(22)33-2;1-4-5-21(27)26-11-10-16-17-13-15(24)7-8-18(17)25-22(16)23(26)14-6-9-19(28-2)20(12-14)29-3;1-3-19(25)24-11-10-16-17-12-14(22)6-9-18(17)23-20(16)21(24)13-4-7-15(26-2)8-5-13;1-2-27-20(26)25-8-7-13-15-9-11(21)4-6-17(15)24-18(13)19(25)14-5-3-12(22)10-16(14)23;1-2-25-20(24)23-11-10-15-16-12-14(21)8-9-17(16)22-18(15)19(23)13-6-4-3-5-7-13/h3-12,15,25,28H,13-14H2,1-2H3,(H,29,31);6-9,12-13,23,25H,4-5,10-11H2,1-3H3;4-9,12,21,23H,3,10-11H2,1-2H3;3-6,9-10,19,24H,2,7-8H2,1H3;8-9,12-13,19,22H,2-7,10-11H2,1H3. The Labute approximate surface area is 848 Å². The van der Waals surface area contributed by atoms with Gasteiger partial charge in [-0.1, -0.05) is 163 Å². The van der Waals surface area contributed by atoms with Gasteiger partial charge in [0.25, 0.3) is 0 Å². The third-order valence-corrected chi connectivity index (χ3v) is 29.2. The zero-order valence-electron chi connectivity index (χ0n) is 79.4. The minimum atomic E-state index is -0.385. The number of carbonyl (C=O) groups is 5. The molecule has 0 bridgehead atoms. The van der Waals surface area contributed by atoms with E-state index in [1.54, 1.807) is 59.5 Å². The van der Waals surface area contributed by atoms with Crippen molar-refractivity contribution < 1.29 is 57.1 Å². The first-order valence-electron chi connectivity index (χ1n) is 47.6. The number of amides is 6. The Kier molecular flexibility index (Phi) is 31.4. The van der Waals surface area contributed by atoms with E-state index >= 15 is 0 Å². The number of hydrogen-bond donors (Lipinski definition) is 6. The molecule has 6 amide bonds. The number of carbonyl (C=O) groups excluding carboxylic acids is 5. The second-order valence-electron chi connectivity index (χ2n) is 35.5.